The van der Waals surface area contributed by atoms with Crippen molar-refractivity contribution in [2.24, 2.45) is 0 Å². The van der Waals surface area contributed by atoms with Crippen molar-refractivity contribution in [3.8, 4) is 5.75 Å². The van der Waals surface area contributed by atoms with Gasteiger partial charge in [0.1, 0.15) is 5.75 Å². The molecule has 1 aromatic heterocycles. The number of phenols is 1. The van der Waals surface area contributed by atoms with Gasteiger partial charge in [0, 0.05) is 12.1 Å². The number of hydrogen-bond acceptors (Lipinski definition) is 4. The molecule has 152 valence electrons. The van der Waals surface area contributed by atoms with Crippen molar-refractivity contribution in [3.05, 3.63) is 45.7 Å². The van der Waals surface area contributed by atoms with Crippen LogP contribution in [0.1, 0.15) is 42.5 Å². The maximum absolute atomic E-state index is 14.2. The quantitative estimate of drug-likeness (QED) is 0.405. The van der Waals surface area contributed by atoms with E-state index < -0.39 is 5.82 Å². The van der Waals surface area contributed by atoms with Gasteiger partial charge in [-0.25, -0.2) is 9.37 Å². The third-order valence-electron chi connectivity index (χ3n) is 5.07. The number of fused-ring (bicyclic) bond motifs is 1. The van der Waals surface area contributed by atoms with E-state index in [-0.39, 0.29) is 44.9 Å². The fourth-order valence-corrected chi connectivity index (χ4v) is 3.91. The first-order chi connectivity index (χ1) is 13.9. The second-order valence-electron chi connectivity index (χ2n) is 7.12. The lowest BCUT2D eigenvalue weighted by Gasteiger charge is -2.22. The number of aromatic hydroxyl groups is 1. The molecule has 1 aliphatic carbocycles. The minimum atomic E-state index is -0.699. The summed E-state index contributed by atoms with van der Waals surface area (Å²) in [6.45, 7) is 0. The lowest BCUT2D eigenvalue weighted by atomic mass is 9.95. The summed E-state index contributed by atoms with van der Waals surface area (Å²) in [6.07, 6.45) is 5.25. The summed E-state index contributed by atoms with van der Waals surface area (Å²) >= 11 is 11.8. The summed E-state index contributed by atoms with van der Waals surface area (Å²) in [4.78, 5) is 19.8. The van der Waals surface area contributed by atoms with E-state index in [1.807, 2.05) is 0 Å². The van der Waals surface area contributed by atoms with Crippen LogP contribution in [0.3, 0.4) is 0 Å². The number of amides is 1. The van der Waals surface area contributed by atoms with Gasteiger partial charge in [-0.1, -0.05) is 42.5 Å². The largest absolute Gasteiger partial charge is 0.507 e. The van der Waals surface area contributed by atoms with Crippen LogP contribution in [-0.4, -0.2) is 27.0 Å². The molecule has 1 saturated carbocycles. The normalized spacial score (nSPS) is 14.9. The Morgan fingerprint density at radius 1 is 1.17 bits per heavy atom. The zero-order valence-corrected chi connectivity index (χ0v) is 16.9. The number of imidazole rings is 1. The highest BCUT2D eigenvalue weighted by atomic mass is 35.5. The Morgan fingerprint density at radius 3 is 2.66 bits per heavy atom. The highest BCUT2D eigenvalue weighted by Crippen LogP contribution is 2.33. The number of phenolic OH excluding ortho intramolecular Hbond substituents is 1. The first-order valence-electron chi connectivity index (χ1n) is 9.36. The molecule has 0 bridgehead atoms. The van der Waals surface area contributed by atoms with Crippen LogP contribution in [0.2, 0.25) is 10.0 Å². The molecular formula is C20H19Cl2FN4O2. The van der Waals surface area contributed by atoms with Gasteiger partial charge >= 0.3 is 0 Å². The second kappa shape index (κ2) is 8.08. The summed E-state index contributed by atoms with van der Waals surface area (Å²) < 4.78 is 14.2. The van der Waals surface area contributed by atoms with Crippen LogP contribution >= 0.6 is 23.2 Å². The number of aromatic nitrogens is 2. The molecule has 1 aliphatic rings. The number of hydrogen-bond donors (Lipinski definition) is 4. The maximum Gasteiger partial charge on any atom is 0.255 e. The van der Waals surface area contributed by atoms with E-state index in [2.05, 4.69) is 20.6 Å². The number of nitrogens with zero attached hydrogens (tertiary/aromatic N) is 1. The molecule has 1 amide bonds. The molecule has 0 aliphatic heterocycles. The van der Waals surface area contributed by atoms with E-state index in [0.717, 1.165) is 25.7 Å². The summed E-state index contributed by atoms with van der Waals surface area (Å²) in [5.41, 5.74) is 1.07. The molecule has 0 unspecified atom stereocenters. The number of anilines is 2. The summed E-state index contributed by atoms with van der Waals surface area (Å²) in [6, 6.07) is 5.87. The zero-order valence-electron chi connectivity index (χ0n) is 15.4. The summed E-state index contributed by atoms with van der Waals surface area (Å²) in [7, 11) is 0. The number of halogens is 3. The van der Waals surface area contributed by atoms with Gasteiger partial charge in [-0.3, -0.25) is 4.79 Å². The molecule has 1 heterocycles. The molecule has 2 aromatic carbocycles. The van der Waals surface area contributed by atoms with Gasteiger partial charge in [0.15, 0.2) is 5.82 Å². The number of carbonyl (C=O) groups is 1. The summed E-state index contributed by atoms with van der Waals surface area (Å²) in [5, 5.41) is 16.1. The Bertz CT molecular complexity index is 1080. The molecular weight excluding hydrogens is 418 g/mol. The minimum absolute atomic E-state index is 0.0160. The first-order valence-corrected chi connectivity index (χ1v) is 10.1. The van der Waals surface area contributed by atoms with E-state index >= 15 is 0 Å². The predicted molar refractivity (Wildman–Crippen MR) is 112 cm³/mol. The predicted octanol–water partition coefficient (Wildman–Crippen LogP) is 5.52. The smallest absolute Gasteiger partial charge is 0.255 e. The van der Waals surface area contributed by atoms with Crippen LogP contribution < -0.4 is 10.6 Å². The standard InChI is InChI=1S/C20H19Cl2FN4O2/c21-12-6-7-13(22)18(17(12)23)27-20-25-14-8-11(16(28)9-15(14)26-20)19(29)24-10-4-2-1-3-5-10/h6-10,28H,1-5H2,(H,24,29)(H2,25,26,27). The van der Waals surface area contributed by atoms with Crippen molar-refractivity contribution >= 4 is 51.8 Å². The Hall–Kier alpha value is -2.51. The molecule has 3 aromatic rings. The molecule has 6 nitrogen and oxygen atoms in total. The van der Waals surface area contributed by atoms with Crippen molar-refractivity contribution in [1.82, 2.24) is 15.3 Å². The Morgan fingerprint density at radius 2 is 1.90 bits per heavy atom. The molecule has 4 N–H and O–H groups in total. The third-order valence-corrected chi connectivity index (χ3v) is 5.68. The number of rotatable bonds is 4. The van der Waals surface area contributed by atoms with Gasteiger partial charge in [-0.15, -0.1) is 0 Å². The van der Waals surface area contributed by atoms with E-state index in [4.69, 9.17) is 23.2 Å². The lowest BCUT2D eigenvalue weighted by Crippen LogP contribution is -2.36. The molecule has 0 saturated heterocycles. The van der Waals surface area contributed by atoms with E-state index in [9.17, 15) is 14.3 Å². The van der Waals surface area contributed by atoms with E-state index in [1.54, 1.807) is 0 Å². The Labute approximate surface area is 176 Å². The highest BCUT2D eigenvalue weighted by Gasteiger charge is 2.20. The highest BCUT2D eigenvalue weighted by molar-refractivity contribution is 6.35. The third kappa shape index (κ3) is 4.11. The van der Waals surface area contributed by atoms with Gasteiger partial charge in [0.2, 0.25) is 5.95 Å². The molecule has 0 radical (unpaired) electrons. The minimum Gasteiger partial charge on any atom is -0.507 e. The SMILES string of the molecule is O=C(NC1CCCCC1)c1cc2[nH]c(Nc3c(Cl)ccc(Cl)c3F)nc2cc1O. The van der Waals surface area contributed by atoms with Gasteiger partial charge in [-0.05, 0) is 31.0 Å². The van der Waals surface area contributed by atoms with Crippen LogP contribution in [-0.2, 0) is 0 Å². The number of nitrogens with one attached hydrogen (secondary N) is 3. The first kappa shape index (κ1) is 19.8. The molecule has 0 atom stereocenters. The molecule has 4 rings (SSSR count). The average molecular weight is 437 g/mol. The number of H-pyrrole nitrogens is 1. The van der Waals surface area contributed by atoms with Crippen LogP contribution in [0, 0.1) is 5.82 Å². The van der Waals surface area contributed by atoms with Gasteiger partial charge in [0.05, 0.1) is 32.3 Å². The van der Waals surface area contributed by atoms with E-state index in [1.165, 1.54) is 30.7 Å². The van der Waals surface area contributed by atoms with Crippen LogP contribution in [0.15, 0.2) is 24.3 Å². The monoisotopic (exact) mass is 436 g/mol. The Balaban J connectivity index is 1.60. The maximum atomic E-state index is 14.2. The van der Waals surface area contributed by atoms with Crippen LogP contribution in [0.5, 0.6) is 5.75 Å². The lowest BCUT2D eigenvalue weighted by molar-refractivity contribution is 0.0925. The topological polar surface area (TPSA) is 90.0 Å². The van der Waals surface area contributed by atoms with Gasteiger partial charge in [-0.2, -0.15) is 0 Å². The Kier molecular flexibility index (Phi) is 5.52. The van der Waals surface area contributed by atoms with Crippen molar-refractivity contribution in [2.45, 2.75) is 38.1 Å². The van der Waals surface area contributed by atoms with Gasteiger partial charge in [0.25, 0.3) is 5.91 Å². The van der Waals surface area contributed by atoms with Crippen molar-refractivity contribution < 1.29 is 14.3 Å². The second-order valence-corrected chi connectivity index (χ2v) is 7.94. The number of aromatic amines is 1. The van der Waals surface area contributed by atoms with Crippen LogP contribution in [0.25, 0.3) is 11.0 Å². The van der Waals surface area contributed by atoms with Crippen molar-refractivity contribution in [3.63, 3.8) is 0 Å². The molecule has 29 heavy (non-hydrogen) atoms. The molecule has 1 fully saturated rings. The van der Waals surface area contributed by atoms with Crippen LogP contribution in [0.4, 0.5) is 16.0 Å². The van der Waals surface area contributed by atoms with Gasteiger partial charge < -0.3 is 20.7 Å². The molecule has 9 heteroatoms. The average Bonchev–Trinajstić information content (AvgIpc) is 3.09. The fourth-order valence-electron chi connectivity index (χ4n) is 3.56. The molecule has 0 spiro atoms. The number of carbonyl (C=O) groups excluding carboxylic acids is 1. The van der Waals surface area contributed by atoms with Crippen molar-refractivity contribution in [2.75, 3.05) is 5.32 Å². The number of benzene rings is 2. The summed E-state index contributed by atoms with van der Waals surface area (Å²) in [5.74, 6) is -0.998. The fraction of sp³-hybridized carbons (Fsp3) is 0.300. The zero-order chi connectivity index (χ0) is 20.5. The van der Waals surface area contributed by atoms with Crippen molar-refractivity contribution in [1.29, 1.82) is 0 Å². The van der Waals surface area contributed by atoms with E-state index in [0.29, 0.717) is 11.0 Å².